The molecule has 0 unspecified atom stereocenters. The third kappa shape index (κ3) is 3.97. The molecule has 0 saturated carbocycles. The van der Waals surface area contributed by atoms with Crippen LogP contribution in [0.3, 0.4) is 0 Å². The molecule has 38 heavy (non-hydrogen) atoms. The maximum absolute atomic E-state index is 13.9. The molecule has 1 aliphatic heterocycles. The summed E-state index contributed by atoms with van der Waals surface area (Å²) in [4.78, 5) is 30.6. The number of aromatic nitrogens is 1. The summed E-state index contributed by atoms with van der Waals surface area (Å²) in [7, 11) is 4.00. The largest absolute Gasteiger partial charge is 0.466 e. The first kappa shape index (κ1) is 24.0. The third-order valence-corrected chi connectivity index (χ3v) is 7.42. The molecule has 2 heterocycles. The number of carbonyl (C=O) groups excluding carboxylic acids is 2. The molecule has 194 valence electrons. The van der Waals surface area contributed by atoms with Gasteiger partial charge in [-0.1, -0.05) is 29.4 Å². The van der Waals surface area contributed by atoms with E-state index in [9.17, 15) is 9.59 Å². The summed E-state index contributed by atoms with van der Waals surface area (Å²) >= 11 is 0. The van der Waals surface area contributed by atoms with Crippen LogP contribution in [-0.2, 0) is 9.53 Å². The van der Waals surface area contributed by atoms with E-state index < -0.39 is 0 Å². The van der Waals surface area contributed by atoms with Gasteiger partial charge in [-0.15, -0.1) is 0 Å². The van der Waals surface area contributed by atoms with E-state index in [-0.39, 0.29) is 17.7 Å². The lowest BCUT2D eigenvalue weighted by Gasteiger charge is -2.34. The van der Waals surface area contributed by atoms with Crippen LogP contribution in [0.2, 0.25) is 0 Å². The number of nitrogens with zero attached hydrogens (tertiary/aromatic N) is 3. The lowest BCUT2D eigenvalue weighted by molar-refractivity contribution is -0.148. The third-order valence-electron chi connectivity index (χ3n) is 7.42. The van der Waals surface area contributed by atoms with Crippen molar-refractivity contribution in [2.45, 2.75) is 19.8 Å². The molecule has 0 bridgehead atoms. The Hall–Kier alpha value is -4.33. The lowest BCUT2D eigenvalue weighted by atomic mass is 9.86. The van der Waals surface area contributed by atoms with Gasteiger partial charge in [0.2, 0.25) is 0 Å². The number of carbonyl (C=O) groups is 2. The van der Waals surface area contributed by atoms with Crippen LogP contribution in [-0.4, -0.2) is 50.7 Å². The fourth-order valence-corrected chi connectivity index (χ4v) is 5.53. The molecular formula is C30H30N4O4. The smallest absolute Gasteiger partial charge is 0.310 e. The summed E-state index contributed by atoms with van der Waals surface area (Å²) in [5.74, 6) is 0.144. The van der Waals surface area contributed by atoms with Gasteiger partial charge in [0.1, 0.15) is 5.52 Å². The molecule has 1 fully saturated rings. The molecule has 0 amide bonds. The highest BCUT2D eigenvalue weighted by Crippen LogP contribution is 2.46. The van der Waals surface area contributed by atoms with Crippen LogP contribution in [0.4, 0.5) is 22.7 Å². The summed E-state index contributed by atoms with van der Waals surface area (Å²) in [6.07, 6.45) is 1.64. The van der Waals surface area contributed by atoms with Crippen molar-refractivity contribution in [2.75, 3.05) is 48.9 Å². The van der Waals surface area contributed by atoms with Crippen LogP contribution in [0, 0.1) is 5.92 Å². The monoisotopic (exact) mass is 510 g/mol. The van der Waals surface area contributed by atoms with Crippen LogP contribution in [0.15, 0.2) is 59.1 Å². The molecule has 1 aliphatic carbocycles. The molecule has 1 N–H and O–H groups in total. The van der Waals surface area contributed by atoms with E-state index >= 15 is 0 Å². The minimum Gasteiger partial charge on any atom is -0.466 e. The summed E-state index contributed by atoms with van der Waals surface area (Å²) in [6, 6.07) is 17.5. The fraction of sp³-hybridized carbons (Fsp3) is 0.300. The normalized spacial score (nSPS) is 16.3. The Morgan fingerprint density at radius 3 is 2.66 bits per heavy atom. The predicted octanol–water partition coefficient (Wildman–Crippen LogP) is 5.63. The summed E-state index contributed by atoms with van der Waals surface area (Å²) in [6.45, 7) is 3.49. The van der Waals surface area contributed by atoms with E-state index in [0.29, 0.717) is 46.6 Å². The van der Waals surface area contributed by atoms with Gasteiger partial charge in [-0.3, -0.25) is 9.59 Å². The predicted molar refractivity (Wildman–Crippen MR) is 148 cm³/mol. The van der Waals surface area contributed by atoms with Gasteiger partial charge in [0.15, 0.2) is 11.5 Å². The first-order chi connectivity index (χ1) is 18.5. The van der Waals surface area contributed by atoms with Crippen molar-refractivity contribution in [3.8, 4) is 11.3 Å². The van der Waals surface area contributed by atoms with Crippen LogP contribution in [0.5, 0.6) is 0 Å². The molecule has 1 aromatic heterocycles. The molecule has 1 atom stereocenters. The molecule has 1 saturated heterocycles. The van der Waals surface area contributed by atoms with Gasteiger partial charge < -0.3 is 24.4 Å². The lowest BCUT2D eigenvalue weighted by Crippen LogP contribution is -2.39. The number of benzene rings is 3. The molecular weight excluding hydrogens is 480 g/mol. The van der Waals surface area contributed by atoms with E-state index in [1.54, 1.807) is 0 Å². The van der Waals surface area contributed by atoms with Gasteiger partial charge in [0, 0.05) is 49.7 Å². The highest BCUT2D eigenvalue weighted by atomic mass is 16.5. The van der Waals surface area contributed by atoms with Crippen molar-refractivity contribution in [2.24, 2.45) is 5.92 Å². The second-order valence-corrected chi connectivity index (χ2v) is 10.0. The highest BCUT2D eigenvalue weighted by molar-refractivity contribution is 6.28. The summed E-state index contributed by atoms with van der Waals surface area (Å²) in [5.41, 5.74) is 6.00. The second kappa shape index (κ2) is 9.52. The topological polar surface area (TPSA) is 87.9 Å². The average molecular weight is 511 g/mol. The number of nitrogens with one attached hydrogen (secondary N) is 1. The van der Waals surface area contributed by atoms with Crippen molar-refractivity contribution in [3.63, 3.8) is 0 Å². The molecule has 0 spiro atoms. The van der Waals surface area contributed by atoms with Crippen LogP contribution < -0.4 is 15.1 Å². The van der Waals surface area contributed by atoms with Crippen molar-refractivity contribution in [3.05, 3.63) is 65.7 Å². The fourth-order valence-electron chi connectivity index (χ4n) is 5.53. The Bertz CT molecular complexity index is 1540. The molecule has 8 nitrogen and oxygen atoms in total. The SMILES string of the molecule is CCOC(=O)[C@H]1CCCN(c2cc(Nc3ccc(N(C)C)cc3)c3c4c(onc24)-c2ccccc2C3=O)C1. The minimum atomic E-state index is -0.213. The van der Waals surface area contributed by atoms with Crippen LogP contribution in [0.1, 0.15) is 35.7 Å². The first-order valence-electron chi connectivity index (χ1n) is 13.0. The number of hydrogen-bond donors (Lipinski definition) is 1. The highest BCUT2D eigenvalue weighted by Gasteiger charge is 2.35. The number of esters is 1. The zero-order valence-electron chi connectivity index (χ0n) is 21.8. The van der Waals surface area contributed by atoms with Gasteiger partial charge in [0.05, 0.1) is 34.8 Å². The van der Waals surface area contributed by atoms with E-state index in [1.807, 2.05) is 80.5 Å². The molecule has 8 heteroatoms. The maximum atomic E-state index is 13.9. The number of ketones is 1. The first-order valence-corrected chi connectivity index (χ1v) is 13.0. The van der Waals surface area contributed by atoms with Crippen molar-refractivity contribution >= 4 is 45.4 Å². The quantitative estimate of drug-likeness (QED) is 0.294. The van der Waals surface area contributed by atoms with Crippen LogP contribution >= 0.6 is 0 Å². The Morgan fingerprint density at radius 1 is 1.16 bits per heavy atom. The zero-order valence-corrected chi connectivity index (χ0v) is 21.8. The summed E-state index contributed by atoms with van der Waals surface area (Å²) in [5, 5.41) is 8.67. The van der Waals surface area contributed by atoms with E-state index in [4.69, 9.17) is 9.26 Å². The van der Waals surface area contributed by atoms with E-state index in [2.05, 4.69) is 15.4 Å². The Labute approximate surface area is 221 Å². The van der Waals surface area contributed by atoms with Gasteiger partial charge >= 0.3 is 5.97 Å². The van der Waals surface area contributed by atoms with Gasteiger partial charge in [0.25, 0.3) is 0 Å². The van der Waals surface area contributed by atoms with Crippen molar-refractivity contribution < 1.29 is 18.8 Å². The Balaban J connectivity index is 1.49. The molecule has 6 rings (SSSR count). The number of ether oxygens (including phenoxy) is 1. The van der Waals surface area contributed by atoms with Crippen molar-refractivity contribution in [1.82, 2.24) is 5.16 Å². The molecule has 3 aromatic carbocycles. The molecule has 4 aromatic rings. The zero-order chi connectivity index (χ0) is 26.4. The summed E-state index contributed by atoms with van der Waals surface area (Å²) < 4.78 is 11.2. The molecule has 0 radical (unpaired) electrons. The standard InChI is InChI=1S/C30H30N4O4/c1-4-37-30(36)18-8-7-15-34(17-18)24-16-23(31-19-11-13-20(14-12-19)33(2)3)25-26-27(24)32-38-29(26)22-10-6-5-9-21(22)28(25)35/h5-6,9-14,16,18,31H,4,7-8,15,17H2,1-3H3/t18-/m0/s1. The van der Waals surface area contributed by atoms with E-state index in [0.717, 1.165) is 42.0 Å². The van der Waals surface area contributed by atoms with Gasteiger partial charge in [-0.25, -0.2) is 0 Å². The Morgan fingerprint density at radius 2 is 1.92 bits per heavy atom. The number of anilines is 4. The van der Waals surface area contributed by atoms with Crippen molar-refractivity contribution in [1.29, 1.82) is 0 Å². The molecule has 2 aliphatic rings. The number of piperidine rings is 1. The van der Waals surface area contributed by atoms with Gasteiger partial charge in [-0.2, -0.15) is 0 Å². The number of fused-ring (bicyclic) bond motifs is 2. The van der Waals surface area contributed by atoms with E-state index in [1.165, 1.54) is 0 Å². The number of hydrogen-bond acceptors (Lipinski definition) is 8. The Kier molecular flexibility index (Phi) is 6.02. The minimum absolute atomic E-state index is 0.0664. The van der Waals surface area contributed by atoms with Gasteiger partial charge in [-0.05, 0) is 50.1 Å². The maximum Gasteiger partial charge on any atom is 0.310 e. The number of rotatable bonds is 6. The second-order valence-electron chi connectivity index (χ2n) is 10.0. The average Bonchev–Trinajstić information content (AvgIpc) is 3.38. The van der Waals surface area contributed by atoms with Crippen LogP contribution in [0.25, 0.3) is 22.2 Å².